The molecule has 0 heterocycles. The number of likely N-dealkylation sites (N-methyl/N-ethyl adjacent to an activating group) is 1. The van der Waals surface area contributed by atoms with E-state index in [9.17, 15) is 9.36 Å². The molecule has 0 saturated heterocycles. The zero-order chi connectivity index (χ0) is 9.78. The van der Waals surface area contributed by atoms with Crippen LogP contribution in [0.2, 0.25) is 0 Å². The lowest BCUT2D eigenvalue weighted by Crippen LogP contribution is -2.30. The van der Waals surface area contributed by atoms with Crippen LogP contribution in [0.1, 0.15) is 6.92 Å². The van der Waals surface area contributed by atoms with Crippen LogP contribution in [0, 0.1) is 0 Å². The van der Waals surface area contributed by atoms with Crippen molar-refractivity contribution in [1.82, 2.24) is 4.90 Å². The van der Waals surface area contributed by atoms with E-state index in [0.717, 1.165) is 0 Å². The predicted molar refractivity (Wildman–Crippen MR) is 41.8 cm³/mol. The summed E-state index contributed by atoms with van der Waals surface area (Å²) in [5.41, 5.74) is 0. The van der Waals surface area contributed by atoms with E-state index >= 15 is 0 Å². The van der Waals surface area contributed by atoms with Crippen LogP contribution < -0.4 is 0 Å². The van der Waals surface area contributed by atoms with Gasteiger partial charge in [-0.05, 0) is 6.54 Å². The molecule has 3 N–H and O–H groups in total. The van der Waals surface area contributed by atoms with Crippen molar-refractivity contribution in [3.8, 4) is 0 Å². The van der Waals surface area contributed by atoms with E-state index in [0.29, 0.717) is 6.54 Å². The molecule has 0 unspecified atom stereocenters. The van der Waals surface area contributed by atoms with E-state index < -0.39 is 19.9 Å². The Morgan fingerprint density at radius 3 is 2.25 bits per heavy atom. The number of aliphatic carboxylic acids is 1. The molecule has 7 heteroatoms. The fraction of sp³-hybridized carbons (Fsp3) is 0.800. The lowest BCUT2D eigenvalue weighted by molar-refractivity contribution is -0.138. The number of carbonyl (C=O) groups is 1. The maximum atomic E-state index is 10.4. The summed E-state index contributed by atoms with van der Waals surface area (Å²) in [4.78, 5) is 28.3. The molecule has 72 valence electrons. The Morgan fingerprint density at radius 2 is 2.00 bits per heavy atom. The molecule has 0 saturated carbocycles. The van der Waals surface area contributed by atoms with Gasteiger partial charge in [0.1, 0.15) is 6.29 Å². The normalized spacial score (nSPS) is 12.0. The number of hydrogen-bond acceptors (Lipinski definition) is 3. The molecule has 0 radical (unpaired) electrons. The molecule has 0 spiro atoms. The zero-order valence-corrected chi connectivity index (χ0v) is 7.57. The Labute approximate surface area is 70.0 Å². The van der Waals surface area contributed by atoms with Crippen molar-refractivity contribution in [2.45, 2.75) is 6.92 Å². The van der Waals surface area contributed by atoms with Gasteiger partial charge in [-0.3, -0.25) is 14.3 Å². The molecule has 0 rings (SSSR count). The van der Waals surface area contributed by atoms with Gasteiger partial charge < -0.3 is 14.9 Å². The maximum Gasteiger partial charge on any atom is 0.339 e. The van der Waals surface area contributed by atoms with Crippen LogP contribution in [0.25, 0.3) is 0 Å². The van der Waals surface area contributed by atoms with Crippen molar-refractivity contribution in [1.29, 1.82) is 0 Å². The Balaban J connectivity index is 4.00. The van der Waals surface area contributed by atoms with E-state index in [1.165, 1.54) is 4.90 Å². The molecule has 6 nitrogen and oxygen atoms in total. The summed E-state index contributed by atoms with van der Waals surface area (Å²) in [6, 6.07) is 0. The summed E-state index contributed by atoms with van der Waals surface area (Å²) in [5, 5.41) is 8.32. The van der Waals surface area contributed by atoms with Gasteiger partial charge in [0, 0.05) is 0 Å². The predicted octanol–water partition coefficient (Wildman–Crippen LogP) is -0.472. The molecule has 0 aliphatic rings. The van der Waals surface area contributed by atoms with Gasteiger partial charge in [-0.1, -0.05) is 6.92 Å². The van der Waals surface area contributed by atoms with Crippen molar-refractivity contribution in [2.75, 3.05) is 19.4 Å². The second-order valence-electron chi connectivity index (χ2n) is 2.35. The van der Waals surface area contributed by atoms with Crippen LogP contribution in [-0.4, -0.2) is 45.1 Å². The topological polar surface area (TPSA) is 98.1 Å². The van der Waals surface area contributed by atoms with Gasteiger partial charge in [0.05, 0.1) is 6.54 Å². The SMILES string of the molecule is CCN(CC(=O)O)CP(=O)(O)O. The van der Waals surface area contributed by atoms with Crippen molar-refractivity contribution >= 4 is 13.6 Å². The summed E-state index contributed by atoms with van der Waals surface area (Å²) in [6.07, 6.45) is -0.504. The highest BCUT2D eigenvalue weighted by Crippen LogP contribution is 2.34. The van der Waals surface area contributed by atoms with Crippen LogP contribution in [0.5, 0.6) is 0 Å². The molecule has 0 atom stereocenters. The third kappa shape index (κ3) is 6.30. The Morgan fingerprint density at radius 1 is 1.50 bits per heavy atom. The molecule has 0 aromatic heterocycles. The number of nitrogens with zero attached hydrogens (tertiary/aromatic N) is 1. The van der Waals surface area contributed by atoms with E-state index in [1.54, 1.807) is 6.92 Å². The largest absolute Gasteiger partial charge is 0.480 e. The summed E-state index contributed by atoms with van der Waals surface area (Å²) in [5.74, 6) is -1.09. The first kappa shape index (κ1) is 11.6. The molecule has 0 aromatic rings. The van der Waals surface area contributed by atoms with E-state index in [-0.39, 0.29) is 6.54 Å². The molecule has 12 heavy (non-hydrogen) atoms. The second-order valence-corrected chi connectivity index (χ2v) is 3.96. The van der Waals surface area contributed by atoms with Crippen LogP contribution in [-0.2, 0) is 9.36 Å². The van der Waals surface area contributed by atoms with Crippen molar-refractivity contribution < 1.29 is 24.3 Å². The van der Waals surface area contributed by atoms with Gasteiger partial charge in [0.15, 0.2) is 0 Å². The van der Waals surface area contributed by atoms with E-state index in [4.69, 9.17) is 14.9 Å². The van der Waals surface area contributed by atoms with Crippen LogP contribution in [0.4, 0.5) is 0 Å². The molecule has 0 aliphatic heterocycles. The average molecular weight is 197 g/mol. The van der Waals surface area contributed by atoms with Crippen molar-refractivity contribution in [3.63, 3.8) is 0 Å². The smallest absolute Gasteiger partial charge is 0.339 e. The molecule has 0 bridgehead atoms. The second kappa shape index (κ2) is 4.57. The van der Waals surface area contributed by atoms with Crippen LogP contribution >= 0.6 is 7.60 Å². The third-order valence-corrected chi connectivity index (χ3v) is 1.96. The Kier molecular flexibility index (Phi) is 4.41. The number of rotatable bonds is 5. The van der Waals surface area contributed by atoms with Gasteiger partial charge in [0.2, 0.25) is 0 Å². The minimum absolute atomic E-state index is 0.303. The number of carboxylic acids is 1. The average Bonchev–Trinajstić information content (AvgIpc) is 1.82. The first-order valence-electron chi connectivity index (χ1n) is 3.34. The first-order valence-corrected chi connectivity index (χ1v) is 5.13. The molecule has 0 aliphatic carbocycles. The van der Waals surface area contributed by atoms with Crippen LogP contribution in [0.15, 0.2) is 0 Å². The highest BCUT2D eigenvalue weighted by atomic mass is 31.2. The van der Waals surface area contributed by atoms with Gasteiger partial charge in [-0.2, -0.15) is 0 Å². The molecule has 0 amide bonds. The van der Waals surface area contributed by atoms with Gasteiger partial charge in [-0.25, -0.2) is 0 Å². The maximum absolute atomic E-state index is 10.4. The lowest BCUT2D eigenvalue weighted by Gasteiger charge is -2.17. The Hall–Kier alpha value is -0.420. The minimum atomic E-state index is -4.13. The van der Waals surface area contributed by atoms with Gasteiger partial charge >= 0.3 is 13.6 Å². The molecular weight excluding hydrogens is 185 g/mol. The standard InChI is InChI=1S/C5H12NO5P/c1-2-6(3-5(7)8)4-12(9,10)11/h2-4H2,1H3,(H,7,8)(H2,9,10,11). The van der Waals surface area contributed by atoms with E-state index in [1.807, 2.05) is 0 Å². The first-order chi connectivity index (χ1) is 5.35. The quantitative estimate of drug-likeness (QED) is 0.515. The third-order valence-electron chi connectivity index (χ3n) is 1.19. The zero-order valence-electron chi connectivity index (χ0n) is 6.67. The van der Waals surface area contributed by atoms with Crippen LogP contribution in [0.3, 0.4) is 0 Å². The highest BCUT2D eigenvalue weighted by molar-refractivity contribution is 7.51. The number of carboxylic acid groups (broad SMARTS) is 1. The lowest BCUT2D eigenvalue weighted by atomic mass is 10.5. The fourth-order valence-electron chi connectivity index (χ4n) is 0.714. The molecular formula is C5H12NO5P. The Bertz CT molecular complexity index is 200. The van der Waals surface area contributed by atoms with Gasteiger partial charge in [-0.15, -0.1) is 0 Å². The summed E-state index contributed by atoms with van der Waals surface area (Å²) >= 11 is 0. The molecule has 0 fully saturated rings. The summed E-state index contributed by atoms with van der Waals surface area (Å²) < 4.78 is 10.4. The summed E-state index contributed by atoms with van der Waals surface area (Å²) in [7, 11) is -4.13. The summed E-state index contributed by atoms with van der Waals surface area (Å²) in [6.45, 7) is 1.59. The fourth-order valence-corrected chi connectivity index (χ4v) is 1.53. The van der Waals surface area contributed by atoms with E-state index in [2.05, 4.69) is 0 Å². The molecule has 0 aromatic carbocycles. The minimum Gasteiger partial charge on any atom is -0.480 e. The monoisotopic (exact) mass is 197 g/mol. The number of hydrogen-bond donors (Lipinski definition) is 3. The van der Waals surface area contributed by atoms with Crippen molar-refractivity contribution in [2.24, 2.45) is 0 Å². The highest BCUT2D eigenvalue weighted by Gasteiger charge is 2.19. The van der Waals surface area contributed by atoms with Gasteiger partial charge in [0.25, 0.3) is 0 Å². The van der Waals surface area contributed by atoms with Crippen molar-refractivity contribution in [3.05, 3.63) is 0 Å².